The zero-order valence-corrected chi connectivity index (χ0v) is 10.3. The minimum absolute atomic E-state index is 0.320. The highest BCUT2D eigenvalue weighted by Crippen LogP contribution is 2.24. The highest BCUT2D eigenvalue weighted by Gasteiger charge is 2.25. The van der Waals surface area contributed by atoms with Gasteiger partial charge in [-0.3, -0.25) is 4.90 Å². The molecule has 2 nitrogen and oxygen atoms in total. The molecule has 1 aromatic rings. The number of halogens is 1. The Morgan fingerprint density at radius 3 is 2.76 bits per heavy atom. The maximum Gasteiger partial charge on any atom is 0.124 e. The van der Waals surface area contributed by atoms with Gasteiger partial charge in [0.1, 0.15) is 5.82 Å². The molecule has 2 unspecified atom stereocenters. The van der Waals surface area contributed by atoms with Crippen molar-refractivity contribution in [3.8, 4) is 6.07 Å². The molecule has 1 aliphatic heterocycles. The van der Waals surface area contributed by atoms with E-state index in [4.69, 9.17) is 5.26 Å². The normalized spacial score (nSPS) is 24.8. The lowest BCUT2D eigenvalue weighted by Crippen LogP contribution is -2.26. The van der Waals surface area contributed by atoms with Gasteiger partial charge in [0.05, 0.1) is 11.6 Å². The second-order valence-corrected chi connectivity index (χ2v) is 5.08. The average Bonchev–Trinajstić information content (AvgIpc) is 2.56. The topological polar surface area (TPSA) is 27.0 Å². The summed E-state index contributed by atoms with van der Waals surface area (Å²) in [5, 5.41) is 8.81. The molecule has 0 radical (unpaired) electrons. The Hall–Kier alpha value is -1.40. The number of hydrogen-bond donors (Lipinski definition) is 0. The Balaban J connectivity index is 2.14. The minimum Gasteiger partial charge on any atom is -0.296 e. The molecule has 90 valence electrons. The quantitative estimate of drug-likeness (QED) is 0.784. The van der Waals surface area contributed by atoms with E-state index < -0.39 is 0 Å². The first-order chi connectivity index (χ1) is 8.08. The largest absolute Gasteiger partial charge is 0.296 e. The minimum atomic E-state index is -0.320. The lowest BCUT2D eigenvalue weighted by Gasteiger charge is -2.21. The van der Waals surface area contributed by atoms with Crippen molar-refractivity contribution in [2.24, 2.45) is 5.92 Å². The number of benzene rings is 1. The summed E-state index contributed by atoms with van der Waals surface area (Å²) in [4.78, 5) is 2.35. The zero-order chi connectivity index (χ0) is 12.4. The van der Waals surface area contributed by atoms with E-state index in [1.165, 1.54) is 18.6 Å². The molecule has 0 aromatic heterocycles. The van der Waals surface area contributed by atoms with Crippen molar-refractivity contribution in [2.75, 3.05) is 6.54 Å². The van der Waals surface area contributed by atoms with Gasteiger partial charge in [-0.2, -0.15) is 5.26 Å². The lowest BCUT2D eigenvalue weighted by molar-refractivity contribution is 0.256. The van der Waals surface area contributed by atoms with E-state index in [0.29, 0.717) is 17.5 Å². The van der Waals surface area contributed by atoms with Gasteiger partial charge in [-0.15, -0.1) is 0 Å². The van der Waals surface area contributed by atoms with Crippen molar-refractivity contribution in [1.29, 1.82) is 5.26 Å². The van der Waals surface area contributed by atoms with Crippen molar-refractivity contribution in [3.05, 3.63) is 35.1 Å². The smallest absolute Gasteiger partial charge is 0.124 e. The highest BCUT2D eigenvalue weighted by molar-refractivity contribution is 5.33. The number of nitriles is 1. The molecule has 0 N–H and O–H groups in total. The van der Waals surface area contributed by atoms with E-state index in [-0.39, 0.29) is 5.82 Å². The average molecular weight is 232 g/mol. The van der Waals surface area contributed by atoms with Crippen LogP contribution in [0, 0.1) is 23.1 Å². The number of rotatable bonds is 2. The third kappa shape index (κ3) is 2.83. The lowest BCUT2D eigenvalue weighted by atomic mass is 10.1. The van der Waals surface area contributed by atoms with Crippen molar-refractivity contribution in [3.63, 3.8) is 0 Å². The van der Waals surface area contributed by atoms with E-state index in [1.54, 1.807) is 6.07 Å². The van der Waals surface area contributed by atoms with Crippen LogP contribution in [0.15, 0.2) is 18.2 Å². The fourth-order valence-electron chi connectivity index (χ4n) is 2.65. The van der Waals surface area contributed by atoms with Crippen LogP contribution in [-0.2, 0) is 6.54 Å². The van der Waals surface area contributed by atoms with Crippen molar-refractivity contribution in [2.45, 2.75) is 32.9 Å². The number of likely N-dealkylation sites (tertiary alicyclic amines) is 1. The molecule has 0 amide bonds. The van der Waals surface area contributed by atoms with Gasteiger partial charge >= 0.3 is 0 Å². The van der Waals surface area contributed by atoms with E-state index in [2.05, 4.69) is 18.7 Å². The van der Waals surface area contributed by atoms with Crippen LogP contribution in [0.25, 0.3) is 0 Å². The first-order valence-corrected chi connectivity index (χ1v) is 6.02. The summed E-state index contributed by atoms with van der Waals surface area (Å²) in [5.74, 6) is 0.382. The van der Waals surface area contributed by atoms with Gasteiger partial charge in [0, 0.05) is 19.1 Å². The van der Waals surface area contributed by atoms with Gasteiger partial charge in [-0.1, -0.05) is 6.92 Å². The summed E-state index contributed by atoms with van der Waals surface area (Å²) in [7, 11) is 0. The van der Waals surface area contributed by atoms with Crippen LogP contribution in [0.2, 0.25) is 0 Å². The molecule has 2 atom stereocenters. The maximum absolute atomic E-state index is 13.3. The fraction of sp³-hybridized carbons (Fsp3) is 0.500. The predicted octanol–water partition coefficient (Wildman–Crippen LogP) is 2.93. The Morgan fingerprint density at radius 2 is 2.18 bits per heavy atom. The molecule has 17 heavy (non-hydrogen) atoms. The SMILES string of the molecule is CC1CC(C)N(Cc2cc(F)cc(C#N)c2)C1. The van der Waals surface area contributed by atoms with E-state index in [9.17, 15) is 4.39 Å². The Bertz CT molecular complexity index is 450. The van der Waals surface area contributed by atoms with E-state index in [1.807, 2.05) is 6.07 Å². The van der Waals surface area contributed by atoms with Crippen LogP contribution >= 0.6 is 0 Å². The van der Waals surface area contributed by atoms with Crippen molar-refractivity contribution < 1.29 is 4.39 Å². The van der Waals surface area contributed by atoms with Crippen LogP contribution in [0.5, 0.6) is 0 Å². The van der Waals surface area contributed by atoms with Gasteiger partial charge in [0.2, 0.25) is 0 Å². The standard InChI is InChI=1S/C14H17FN2/c1-10-3-11(2)17(8-10)9-13-4-12(7-16)5-14(15)6-13/h4-6,10-11H,3,8-9H2,1-2H3. The summed E-state index contributed by atoms with van der Waals surface area (Å²) in [6, 6.07) is 7.11. The molecular formula is C14H17FN2. The third-order valence-electron chi connectivity index (χ3n) is 3.39. The first-order valence-electron chi connectivity index (χ1n) is 6.02. The monoisotopic (exact) mass is 232 g/mol. The molecule has 0 spiro atoms. The molecule has 1 aromatic carbocycles. The van der Waals surface area contributed by atoms with Gasteiger partial charge in [0.25, 0.3) is 0 Å². The zero-order valence-electron chi connectivity index (χ0n) is 10.3. The maximum atomic E-state index is 13.3. The van der Waals surface area contributed by atoms with Crippen molar-refractivity contribution in [1.82, 2.24) is 4.90 Å². The fourth-order valence-corrected chi connectivity index (χ4v) is 2.65. The summed E-state index contributed by atoms with van der Waals surface area (Å²) in [6.07, 6.45) is 1.19. The molecule has 3 heteroatoms. The second-order valence-electron chi connectivity index (χ2n) is 5.08. The molecule has 0 bridgehead atoms. The molecule has 1 saturated heterocycles. The van der Waals surface area contributed by atoms with Gasteiger partial charge in [0.15, 0.2) is 0 Å². The van der Waals surface area contributed by atoms with Crippen LogP contribution in [0.4, 0.5) is 4.39 Å². The Labute approximate surface area is 102 Å². The number of nitrogens with zero attached hydrogens (tertiary/aromatic N) is 2. The molecule has 0 saturated carbocycles. The van der Waals surface area contributed by atoms with E-state index >= 15 is 0 Å². The molecule has 1 aliphatic rings. The summed E-state index contributed by atoms with van der Waals surface area (Å²) >= 11 is 0. The Kier molecular flexibility index (Phi) is 3.44. The summed E-state index contributed by atoms with van der Waals surface area (Å²) < 4.78 is 13.3. The second kappa shape index (κ2) is 4.85. The molecule has 0 aliphatic carbocycles. The predicted molar refractivity (Wildman–Crippen MR) is 64.8 cm³/mol. The van der Waals surface area contributed by atoms with Crippen LogP contribution in [0.3, 0.4) is 0 Å². The summed E-state index contributed by atoms with van der Waals surface area (Å²) in [5.41, 5.74) is 1.29. The molecule has 1 heterocycles. The number of hydrogen-bond acceptors (Lipinski definition) is 2. The van der Waals surface area contributed by atoms with E-state index in [0.717, 1.165) is 18.7 Å². The molecule has 2 rings (SSSR count). The highest BCUT2D eigenvalue weighted by atomic mass is 19.1. The molecular weight excluding hydrogens is 215 g/mol. The Morgan fingerprint density at radius 1 is 1.41 bits per heavy atom. The third-order valence-corrected chi connectivity index (χ3v) is 3.39. The van der Waals surface area contributed by atoms with Crippen LogP contribution in [-0.4, -0.2) is 17.5 Å². The first kappa shape index (κ1) is 12.1. The van der Waals surface area contributed by atoms with Crippen LogP contribution in [0.1, 0.15) is 31.4 Å². The van der Waals surface area contributed by atoms with Gasteiger partial charge in [-0.25, -0.2) is 4.39 Å². The van der Waals surface area contributed by atoms with Gasteiger partial charge < -0.3 is 0 Å². The van der Waals surface area contributed by atoms with Gasteiger partial charge in [-0.05, 0) is 43.0 Å². The van der Waals surface area contributed by atoms with Crippen LogP contribution < -0.4 is 0 Å². The molecule has 1 fully saturated rings. The van der Waals surface area contributed by atoms with Crippen molar-refractivity contribution >= 4 is 0 Å². The summed E-state index contributed by atoms with van der Waals surface area (Å²) in [6.45, 7) is 6.23.